The van der Waals surface area contributed by atoms with Crippen LogP contribution in [0.25, 0.3) is 83.1 Å². The van der Waals surface area contributed by atoms with Crippen LogP contribution in [0.15, 0.2) is 176 Å². The Morgan fingerprint density at radius 3 is 1.18 bits per heavy atom. The zero-order valence-electron chi connectivity index (χ0n) is 31.7. The Morgan fingerprint density at radius 2 is 0.691 bits per heavy atom. The van der Waals surface area contributed by atoms with Crippen LogP contribution in [0.2, 0.25) is 0 Å². The van der Waals surface area contributed by atoms with Crippen molar-refractivity contribution < 1.29 is 0 Å². The highest BCUT2D eigenvalue weighted by atomic mass is 15.0. The zero-order valence-corrected chi connectivity index (χ0v) is 31.7. The van der Waals surface area contributed by atoms with Crippen LogP contribution in [0.3, 0.4) is 0 Å². The van der Waals surface area contributed by atoms with E-state index in [9.17, 15) is 0 Å². The molecule has 1 heterocycles. The van der Waals surface area contributed by atoms with E-state index in [1.165, 1.54) is 105 Å². The number of nitrogens with zero attached hydrogens (tertiary/aromatic N) is 1. The summed E-state index contributed by atoms with van der Waals surface area (Å²) in [4.78, 5) is 0. The Morgan fingerprint density at radius 1 is 0.309 bits per heavy atom. The van der Waals surface area contributed by atoms with Crippen molar-refractivity contribution in [2.24, 2.45) is 0 Å². The first-order chi connectivity index (χ1) is 26.8. The second kappa shape index (κ2) is 11.5. The van der Waals surface area contributed by atoms with Gasteiger partial charge in [-0.15, -0.1) is 0 Å². The molecule has 0 radical (unpaired) electrons. The predicted molar refractivity (Wildman–Crippen MR) is 232 cm³/mol. The molecule has 1 nitrogen and oxygen atoms in total. The molecule has 2 aliphatic carbocycles. The van der Waals surface area contributed by atoms with Crippen LogP contribution in [-0.2, 0) is 10.8 Å². The van der Waals surface area contributed by atoms with Crippen LogP contribution in [0.5, 0.6) is 0 Å². The molecule has 0 atom stereocenters. The van der Waals surface area contributed by atoms with E-state index in [-0.39, 0.29) is 10.8 Å². The van der Waals surface area contributed by atoms with Gasteiger partial charge >= 0.3 is 0 Å². The van der Waals surface area contributed by atoms with Gasteiger partial charge in [0.2, 0.25) is 0 Å². The summed E-state index contributed by atoms with van der Waals surface area (Å²) in [6.45, 7) is 9.47. The third kappa shape index (κ3) is 4.66. The molecule has 262 valence electrons. The molecular weight excluding hydrogens is 663 g/mol. The number of benzene rings is 8. The lowest BCUT2D eigenvalue weighted by Crippen LogP contribution is -2.15. The van der Waals surface area contributed by atoms with Crippen LogP contribution in [0.4, 0.5) is 0 Å². The van der Waals surface area contributed by atoms with Gasteiger partial charge in [0.1, 0.15) is 0 Å². The van der Waals surface area contributed by atoms with Gasteiger partial charge < -0.3 is 4.57 Å². The molecule has 0 unspecified atom stereocenters. The Kier molecular flexibility index (Phi) is 6.72. The van der Waals surface area contributed by atoms with Crippen molar-refractivity contribution in [1.29, 1.82) is 0 Å². The summed E-state index contributed by atoms with van der Waals surface area (Å²) in [6.07, 6.45) is 0. The van der Waals surface area contributed by atoms with E-state index in [1.54, 1.807) is 0 Å². The first kappa shape index (κ1) is 32.0. The summed E-state index contributed by atoms with van der Waals surface area (Å²) in [6, 6.07) is 65.9. The molecule has 0 fully saturated rings. The standard InChI is InChI=1S/C54H41N/c1-53(2)47-17-9-5-13-41(47)43-27-23-35(32-49(43)53)38-29-37(30-39(31-38)36-24-28-44-42-14-6-10-18-48(42)54(3,4)50(44)33-36)34-21-25-40(26-22-34)55-51-19-11-7-15-45(51)46-16-8-12-20-52(46)55/h5-33H,1-4H3. The average Bonchev–Trinajstić information content (AvgIpc) is 3.77. The third-order valence-electron chi connectivity index (χ3n) is 12.8. The fraction of sp³-hybridized carbons (Fsp3) is 0.111. The predicted octanol–water partition coefficient (Wildman–Crippen LogP) is 14.4. The number of hydrogen-bond donors (Lipinski definition) is 0. The first-order valence-corrected chi connectivity index (χ1v) is 19.5. The van der Waals surface area contributed by atoms with Crippen LogP contribution < -0.4 is 0 Å². The normalized spacial score (nSPS) is 14.5. The van der Waals surface area contributed by atoms with Gasteiger partial charge in [-0.05, 0) is 132 Å². The van der Waals surface area contributed by atoms with Crippen molar-refractivity contribution >= 4 is 21.8 Å². The Balaban J connectivity index is 1.07. The van der Waals surface area contributed by atoms with E-state index >= 15 is 0 Å². The second-order valence-electron chi connectivity index (χ2n) is 16.6. The lowest BCUT2D eigenvalue weighted by molar-refractivity contribution is 0.660. The maximum atomic E-state index is 2.45. The van der Waals surface area contributed by atoms with E-state index in [2.05, 4.69) is 208 Å². The minimum atomic E-state index is -0.0639. The van der Waals surface area contributed by atoms with Gasteiger partial charge in [-0.3, -0.25) is 0 Å². The van der Waals surface area contributed by atoms with Gasteiger partial charge in [-0.25, -0.2) is 0 Å². The van der Waals surface area contributed by atoms with Gasteiger partial charge in [0.15, 0.2) is 0 Å². The van der Waals surface area contributed by atoms with Crippen molar-refractivity contribution in [2.75, 3.05) is 0 Å². The average molecular weight is 704 g/mol. The van der Waals surface area contributed by atoms with E-state index in [1.807, 2.05) is 0 Å². The fourth-order valence-electron chi connectivity index (χ4n) is 9.90. The smallest absolute Gasteiger partial charge is 0.0541 e. The quantitative estimate of drug-likeness (QED) is 0.172. The van der Waals surface area contributed by atoms with E-state index in [4.69, 9.17) is 0 Å². The van der Waals surface area contributed by atoms with Gasteiger partial charge in [-0.2, -0.15) is 0 Å². The van der Waals surface area contributed by atoms with Crippen LogP contribution in [-0.4, -0.2) is 4.57 Å². The lowest BCUT2D eigenvalue weighted by Gasteiger charge is -2.22. The van der Waals surface area contributed by atoms with Crippen molar-refractivity contribution in [3.05, 3.63) is 198 Å². The van der Waals surface area contributed by atoms with Gasteiger partial charge in [0, 0.05) is 27.3 Å². The zero-order chi connectivity index (χ0) is 37.1. The largest absolute Gasteiger partial charge is 0.309 e. The minimum Gasteiger partial charge on any atom is -0.309 e. The molecule has 11 rings (SSSR count). The summed E-state index contributed by atoms with van der Waals surface area (Å²) in [7, 11) is 0. The molecule has 0 N–H and O–H groups in total. The van der Waals surface area contributed by atoms with Gasteiger partial charge in [-0.1, -0.05) is 149 Å². The molecule has 0 saturated heterocycles. The van der Waals surface area contributed by atoms with E-state index < -0.39 is 0 Å². The molecule has 0 aliphatic heterocycles. The minimum absolute atomic E-state index is 0.0639. The van der Waals surface area contributed by atoms with Crippen LogP contribution in [0.1, 0.15) is 49.9 Å². The highest BCUT2D eigenvalue weighted by Gasteiger charge is 2.36. The monoisotopic (exact) mass is 703 g/mol. The molecule has 1 heteroatoms. The van der Waals surface area contributed by atoms with E-state index in [0.29, 0.717) is 0 Å². The molecule has 55 heavy (non-hydrogen) atoms. The molecule has 0 spiro atoms. The van der Waals surface area contributed by atoms with E-state index in [0.717, 1.165) is 0 Å². The Hall–Kier alpha value is -6.44. The van der Waals surface area contributed by atoms with Crippen molar-refractivity contribution in [1.82, 2.24) is 4.57 Å². The second-order valence-corrected chi connectivity index (χ2v) is 16.6. The molecule has 0 bridgehead atoms. The topological polar surface area (TPSA) is 4.93 Å². The summed E-state index contributed by atoms with van der Waals surface area (Å²) < 4.78 is 2.39. The molecule has 8 aromatic carbocycles. The van der Waals surface area contributed by atoms with Gasteiger partial charge in [0.25, 0.3) is 0 Å². The molecular formula is C54H41N. The summed E-state index contributed by atoms with van der Waals surface area (Å²) in [5.74, 6) is 0. The lowest BCUT2D eigenvalue weighted by atomic mass is 9.81. The van der Waals surface area contributed by atoms with Crippen LogP contribution >= 0.6 is 0 Å². The Labute approximate surface area is 323 Å². The number of hydrogen-bond acceptors (Lipinski definition) is 0. The first-order valence-electron chi connectivity index (χ1n) is 19.5. The molecule has 0 amide bonds. The summed E-state index contributed by atoms with van der Waals surface area (Å²) >= 11 is 0. The number of aromatic nitrogens is 1. The summed E-state index contributed by atoms with van der Waals surface area (Å²) in [5.41, 5.74) is 21.9. The fourth-order valence-corrected chi connectivity index (χ4v) is 9.90. The highest BCUT2D eigenvalue weighted by Crippen LogP contribution is 2.51. The van der Waals surface area contributed by atoms with Crippen molar-refractivity contribution in [3.8, 4) is 61.3 Å². The third-order valence-corrected chi connectivity index (χ3v) is 12.8. The maximum absolute atomic E-state index is 2.45. The van der Waals surface area contributed by atoms with Crippen molar-refractivity contribution in [2.45, 2.75) is 38.5 Å². The number of rotatable bonds is 4. The van der Waals surface area contributed by atoms with Crippen molar-refractivity contribution in [3.63, 3.8) is 0 Å². The molecule has 9 aromatic rings. The van der Waals surface area contributed by atoms with Gasteiger partial charge in [0.05, 0.1) is 11.0 Å². The SMILES string of the molecule is CC1(C)c2ccccc2-c2ccc(-c3cc(-c4ccc(-n5c6ccccc6c6ccccc65)cc4)cc(-c4ccc5c(c4)C(C)(C)c4ccccc4-5)c3)cc21. The molecule has 0 saturated carbocycles. The number of para-hydroxylation sites is 2. The summed E-state index contributed by atoms with van der Waals surface area (Å²) in [5, 5.41) is 2.56. The maximum Gasteiger partial charge on any atom is 0.0541 e. The molecule has 1 aromatic heterocycles. The molecule has 2 aliphatic rings. The van der Waals surface area contributed by atoms with Crippen LogP contribution in [0, 0.1) is 0 Å². The Bertz CT molecular complexity index is 2840. The highest BCUT2D eigenvalue weighted by molar-refractivity contribution is 6.09. The number of fused-ring (bicyclic) bond motifs is 9.